The first-order chi connectivity index (χ1) is 10.5. The zero-order valence-corrected chi connectivity index (χ0v) is 14.0. The van der Waals surface area contributed by atoms with Crippen LogP contribution in [0, 0.1) is 0 Å². The maximum absolute atomic E-state index is 12.7. The van der Waals surface area contributed by atoms with Crippen LogP contribution in [0.4, 0.5) is 0 Å². The molecule has 3 heterocycles. The SMILES string of the molecule is CCN1CC(S(=O)(=O)N2CCN(C3CCNC3)CC2)CC1=O. The second-order valence-electron chi connectivity index (χ2n) is 6.39. The number of piperazine rings is 1. The number of hydrogen-bond donors (Lipinski definition) is 1. The topological polar surface area (TPSA) is 73.0 Å². The van der Waals surface area contributed by atoms with Crippen LogP contribution in [0.1, 0.15) is 19.8 Å². The molecule has 0 aromatic carbocycles. The molecule has 2 atom stereocenters. The maximum Gasteiger partial charge on any atom is 0.224 e. The Balaban J connectivity index is 1.59. The number of hydrogen-bond acceptors (Lipinski definition) is 5. The number of nitrogens with zero attached hydrogens (tertiary/aromatic N) is 3. The fraction of sp³-hybridized carbons (Fsp3) is 0.929. The van der Waals surface area contributed by atoms with E-state index in [9.17, 15) is 13.2 Å². The number of rotatable bonds is 4. The van der Waals surface area contributed by atoms with Crippen molar-refractivity contribution < 1.29 is 13.2 Å². The summed E-state index contributed by atoms with van der Waals surface area (Å²) in [5, 5.41) is 2.80. The fourth-order valence-electron chi connectivity index (χ4n) is 3.73. The molecule has 1 amide bonds. The van der Waals surface area contributed by atoms with E-state index in [1.54, 1.807) is 9.21 Å². The van der Waals surface area contributed by atoms with E-state index in [4.69, 9.17) is 0 Å². The molecule has 3 aliphatic rings. The van der Waals surface area contributed by atoms with Crippen LogP contribution in [-0.2, 0) is 14.8 Å². The first-order valence-electron chi connectivity index (χ1n) is 8.24. The Morgan fingerprint density at radius 2 is 1.95 bits per heavy atom. The summed E-state index contributed by atoms with van der Waals surface area (Å²) in [5.41, 5.74) is 0. The Hall–Kier alpha value is -0.700. The van der Waals surface area contributed by atoms with Crippen molar-refractivity contribution in [1.82, 2.24) is 19.4 Å². The molecule has 22 heavy (non-hydrogen) atoms. The lowest BCUT2D eigenvalue weighted by atomic mass is 10.2. The van der Waals surface area contributed by atoms with Gasteiger partial charge in [-0.25, -0.2) is 8.42 Å². The molecule has 8 heteroatoms. The zero-order chi connectivity index (χ0) is 15.7. The summed E-state index contributed by atoms with van der Waals surface area (Å²) in [4.78, 5) is 15.8. The van der Waals surface area contributed by atoms with Gasteiger partial charge in [-0.05, 0) is 19.9 Å². The maximum atomic E-state index is 12.7. The first kappa shape index (κ1) is 16.2. The third kappa shape index (κ3) is 3.02. The summed E-state index contributed by atoms with van der Waals surface area (Å²) in [6.07, 6.45) is 1.29. The van der Waals surface area contributed by atoms with Gasteiger partial charge in [-0.3, -0.25) is 9.69 Å². The highest BCUT2D eigenvalue weighted by molar-refractivity contribution is 7.89. The number of carbonyl (C=O) groups excluding carboxylic acids is 1. The third-order valence-corrected chi connectivity index (χ3v) is 7.41. The largest absolute Gasteiger partial charge is 0.342 e. The molecule has 126 valence electrons. The Bertz CT molecular complexity index is 510. The van der Waals surface area contributed by atoms with Crippen LogP contribution >= 0.6 is 0 Å². The van der Waals surface area contributed by atoms with Crippen LogP contribution in [0.25, 0.3) is 0 Å². The van der Waals surface area contributed by atoms with Crippen molar-refractivity contribution in [3.8, 4) is 0 Å². The Kier molecular flexibility index (Phi) is 4.72. The quantitative estimate of drug-likeness (QED) is 0.710. The second kappa shape index (κ2) is 6.43. The molecule has 7 nitrogen and oxygen atoms in total. The molecule has 0 aromatic heterocycles. The second-order valence-corrected chi connectivity index (χ2v) is 8.60. The molecule has 0 bridgehead atoms. The van der Waals surface area contributed by atoms with Crippen molar-refractivity contribution in [2.45, 2.75) is 31.1 Å². The van der Waals surface area contributed by atoms with E-state index >= 15 is 0 Å². The minimum absolute atomic E-state index is 0.0354. The Labute approximate surface area is 132 Å². The summed E-state index contributed by atoms with van der Waals surface area (Å²) >= 11 is 0. The van der Waals surface area contributed by atoms with Gasteiger partial charge in [0.2, 0.25) is 15.9 Å². The van der Waals surface area contributed by atoms with Crippen LogP contribution in [0.3, 0.4) is 0 Å². The van der Waals surface area contributed by atoms with Gasteiger partial charge in [-0.15, -0.1) is 0 Å². The van der Waals surface area contributed by atoms with Gasteiger partial charge in [-0.2, -0.15) is 4.31 Å². The van der Waals surface area contributed by atoms with Crippen LogP contribution in [0.15, 0.2) is 0 Å². The zero-order valence-electron chi connectivity index (χ0n) is 13.2. The molecule has 3 saturated heterocycles. The highest BCUT2D eigenvalue weighted by Crippen LogP contribution is 2.23. The lowest BCUT2D eigenvalue weighted by molar-refractivity contribution is -0.127. The van der Waals surface area contributed by atoms with E-state index in [1.807, 2.05) is 6.92 Å². The number of nitrogens with one attached hydrogen (secondary N) is 1. The summed E-state index contributed by atoms with van der Waals surface area (Å²) in [6, 6.07) is 0.550. The summed E-state index contributed by atoms with van der Waals surface area (Å²) < 4.78 is 27.1. The van der Waals surface area contributed by atoms with Gasteiger partial charge in [0.25, 0.3) is 0 Å². The van der Waals surface area contributed by atoms with E-state index in [1.165, 1.54) is 0 Å². The van der Waals surface area contributed by atoms with Gasteiger partial charge in [0.1, 0.15) is 5.25 Å². The smallest absolute Gasteiger partial charge is 0.224 e. The average molecular weight is 330 g/mol. The van der Waals surface area contributed by atoms with Gasteiger partial charge in [0.15, 0.2) is 0 Å². The monoisotopic (exact) mass is 330 g/mol. The van der Waals surface area contributed by atoms with Crippen molar-refractivity contribution in [3.63, 3.8) is 0 Å². The van der Waals surface area contributed by atoms with Gasteiger partial charge in [-0.1, -0.05) is 0 Å². The molecule has 3 rings (SSSR count). The van der Waals surface area contributed by atoms with E-state index in [-0.39, 0.29) is 12.3 Å². The normalized spacial score (nSPS) is 32.0. The molecule has 0 spiro atoms. The van der Waals surface area contributed by atoms with E-state index in [0.29, 0.717) is 32.2 Å². The van der Waals surface area contributed by atoms with E-state index < -0.39 is 15.3 Å². The lowest BCUT2D eigenvalue weighted by Gasteiger charge is -2.38. The van der Waals surface area contributed by atoms with E-state index in [2.05, 4.69) is 10.2 Å². The van der Waals surface area contributed by atoms with Crippen LogP contribution in [-0.4, -0.2) is 92.1 Å². The van der Waals surface area contributed by atoms with Gasteiger partial charge >= 0.3 is 0 Å². The Morgan fingerprint density at radius 3 is 2.50 bits per heavy atom. The number of sulfonamides is 1. The predicted molar refractivity (Wildman–Crippen MR) is 84.0 cm³/mol. The van der Waals surface area contributed by atoms with Crippen molar-refractivity contribution in [2.24, 2.45) is 0 Å². The number of likely N-dealkylation sites (tertiary alicyclic amines) is 1. The summed E-state index contributed by atoms with van der Waals surface area (Å²) in [7, 11) is -3.36. The molecule has 2 unspecified atom stereocenters. The molecule has 0 radical (unpaired) electrons. The molecular formula is C14H26N4O3S. The van der Waals surface area contributed by atoms with Crippen molar-refractivity contribution >= 4 is 15.9 Å². The predicted octanol–water partition coefficient (Wildman–Crippen LogP) is -1.08. The highest BCUT2D eigenvalue weighted by Gasteiger charge is 2.42. The average Bonchev–Trinajstić information content (AvgIpc) is 3.17. The number of carbonyl (C=O) groups is 1. The molecule has 3 aliphatic heterocycles. The first-order valence-corrected chi connectivity index (χ1v) is 9.74. The molecule has 3 fully saturated rings. The van der Waals surface area contributed by atoms with Crippen molar-refractivity contribution in [2.75, 3.05) is 52.4 Å². The third-order valence-electron chi connectivity index (χ3n) is 5.17. The van der Waals surface area contributed by atoms with Gasteiger partial charge < -0.3 is 10.2 Å². The molecule has 1 N–H and O–H groups in total. The standard InChI is InChI=1S/C14H26N4O3S/c1-2-16-11-13(9-14(16)19)22(20,21)18-7-5-17(6-8-18)12-3-4-15-10-12/h12-13,15H,2-11H2,1H3. The highest BCUT2D eigenvalue weighted by atomic mass is 32.2. The summed E-state index contributed by atoms with van der Waals surface area (Å²) in [5.74, 6) is -0.0354. The molecule has 0 aliphatic carbocycles. The number of amides is 1. The lowest BCUT2D eigenvalue weighted by Crippen LogP contribution is -2.54. The van der Waals surface area contributed by atoms with Crippen LogP contribution in [0.5, 0.6) is 0 Å². The molecule has 0 aromatic rings. The Morgan fingerprint density at radius 1 is 1.23 bits per heavy atom. The van der Waals surface area contributed by atoms with E-state index in [0.717, 1.165) is 32.6 Å². The van der Waals surface area contributed by atoms with Crippen LogP contribution in [0.2, 0.25) is 0 Å². The van der Waals surface area contributed by atoms with Gasteiger partial charge in [0, 0.05) is 58.3 Å². The van der Waals surface area contributed by atoms with Gasteiger partial charge in [0.05, 0.1) is 0 Å². The fourth-order valence-corrected chi connectivity index (χ4v) is 5.54. The molecule has 0 saturated carbocycles. The van der Waals surface area contributed by atoms with Crippen LogP contribution < -0.4 is 5.32 Å². The minimum atomic E-state index is -3.36. The minimum Gasteiger partial charge on any atom is -0.342 e. The van der Waals surface area contributed by atoms with Crippen molar-refractivity contribution in [3.05, 3.63) is 0 Å². The summed E-state index contributed by atoms with van der Waals surface area (Å²) in [6.45, 7) is 7.59. The molecular weight excluding hydrogens is 304 g/mol. The van der Waals surface area contributed by atoms with Crippen molar-refractivity contribution in [1.29, 1.82) is 0 Å².